The molecule has 232 valence electrons. The van der Waals surface area contributed by atoms with E-state index >= 15 is 0 Å². The summed E-state index contributed by atoms with van der Waals surface area (Å²) in [5.41, 5.74) is 2.17. The number of hydrogen-bond acceptors (Lipinski definition) is 9. The molecule has 1 fully saturated rings. The second-order valence-electron chi connectivity index (χ2n) is 10.6. The van der Waals surface area contributed by atoms with Gasteiger partial charge in [0, 0.05) is 24.5 Å². The van der Waals surface area contributed by atoms with Crippen LogP contribution in [-0.4, -0.2) is 89.3 Å². The molecular weight excluding hydrogens is 564 g/mol. The topological polar surface area (TPSA) is 209 Å². The number of nitrogens with zero attached hydrogens (tertiary/aromatic N) is 4. The molecule has 0 bridgehead atoms. The molecule has 0 aromatic heterocycles. The van der Waals surface area contributed by atoms with Crippen molar-refractivity contribution in [2.24, 2.45) is 5.41 Å². The molecule has 1 saturated heterocycles. The SMILES string of the molecule is CC(C)(C)C(=O)Oc1ccc(-c2nc3ccn(CCCN4CCCCC4)cc-3n2)cc1.O=C(O)C(=O)O.O=C(O)C(=O)O. The number of imidazole rings is 1. The Kier molecular flexibility index (Phi) is 12.8. The van der Waals surface area contributed by atoms with Gasteiger partial charge in [-0.1, -0.05) is 6.42 Å². The molecule has 0 radical (unpaired) electrons. The van der Waals surface area contributed by atoms with Gasteiger partial charge in [0.2, 0.25) is 0 Å². The summed E-state index contributed by atoms with van der Waals surface area (Å²) in [4.78, 5) is 60.4. The van der Waals surface area contributed by atoms with Gasteiger partial charge < -0.3 is 34.6 Å². The molecular formula is C29H36N4O10. The first-order valence-electron chi connectivity index (χ1n) is 13.5. The van der Waals surface area contributed by atoms with E-state index < -0.39 is 29.3 Å². The van der Waals surface area contributed by atoms with Gasteiger partial charge in [0.1, 0.15) is 11.4 Å². The molecule has 3 heterocycles. The van der Waals surface area contributed by atoms with Gasteiger partial charge in [0.25, 0.3) is 0 Å². The Morgan fingerprint density at radius 3 is 1.81 bits per heavy atom. The maximum Gasteiger partial charge on any atom is 0.414 e. The van der Waals surface area contributed by atoms with Crippen LogP contribution in [0.1, 0.15) is 46.5 Å². The van der Waals surface area contributed by atoms with E-state index in [4.69, 9.17) is 49.3 Å². The molecule has 4 N–H and O–H groups in total. The van der Waals surface area contributed by atoms with Gasteiger partial charge in [0.05, 0.1) is 11.1 Å². The van der Waals surface area contributed by atoms with E-state index in [1.54, 1.807) is 12.1 Å². The summed E-state index contributed by atoms with van der Waals surface area (Å²) >= 11 is 0. The van der Waals surface area contributed by atoms with E-state index in [1.165, 1.54) is 32.4 Å². The summed E-state index contributed by atoms with van der Waals surface area (Å²) in [5.74, 6) is -6.32. The van der Waals surface area contributed by atoms with Gasteiger partial charge in [-0.15, -0.1) is 0 Å². The summed E-state index contributed by atoms with van der Waals surface area (Å²) in [7, 11) is 0. The molecule has 0 aliphatic carbocycles. The van der Waals surface area contributed by atoms with Crippen LogP contribution in [0.3, 0.4) is 0 Å². The molecule has 0 amide bonds. The van der Waals surface area contributed by atoms with Crippen molar-refractivity contribution in [1.29, 1.82) is 0 Å². The van der Waals surface area contributed by atoms with Gasteiger partial charge in [-0.05, 0) is 90.0 Å². The monoisotopic (exact) mass is 600 g/mol. The molecule has 0 atom stereocenters. The number of aryl methyl sites for hydroxylation is 1. The zero-order valence-electron chi connectivity index (χ0n) is 24.2. The third-order valence-electron chi connectivity index (χ3n) is 6.07. The van der Waals surface area contributed by atoms with Gasteiger partial charge in [0.15, 0.2) is 5.82 Å². The van der Waals surface area contributed by atoms with Gasteiger partial charge in [-0.2, -0.15) is 0 Å². The highest BCUT2D eigenvalue weighted by atomic mass is 16.5. The number of benzene rings is 1. The predicted molar refractivity (Wildman–Crippen MR) is 153 cm³/mol. The maximum atomic E-state index is 12.1. The van der Waals surface area contributed by atoms with E-state index in [0.29, 0.717) is 11.6 Å². The normalized spacial score (nSPS) is 13.1. The average Bonchev–Trinajstić information content (AvgIpc) is 3.38. The number of carboxylic acids is 4. The smallest absolute Gasteiger partial charge is 0.414 e. The molecule has 0 unspecified atom stereocenters. The van der Waals surface area contributed by atoms with Crippen molar-refractivity contribution >= 4 is 29.8 Å². The number of aromatic nitrogens is 3. The first-order chi connectivity index (χ1) is 20.2. The minimum Gasteiger partial charge on any atom is -0.473 e. The number of carboxylic acid groups (broad SMARTS) is 4. The Morgan fingerprint density at radius 2 is 1.30 bits per heavy atom. The van der Waals surface area contributed by atoms with Crippen LogP contribution < -0.4 is 4.74 Å². The summed E-state index contributed by atoms with van der Waals surface area (Å²) in [6.07, 6.45) is 9.38. The van der Waals surface area contributed by atoms with Crippen LogP contribution in [-0.2, 0) is 30.5 Å². The lowest BCUT2D eigenvalue weighted by Gasteiger charge is -2.26. The highest BCUT2D eigenvalue weighted by Crippen LogP contribution is 2.27. The summed E-state index contributed by atoms with van der Waals surface area (Å²) < 4.78 is 7.65. The third kappa shape index (κ3) is 11.9. The first kappa shape index (κ1) is 34.4. The van der Waals surface area contributed by atoms with E-state index in [9.17, 15) is 4.79 Å². The van der Waals surface area contributed by atoms with Crippen molar-refractivity contribution in [2.45, 2.75) is 53.0 Å². The third-order valence-corrected chi connectivity index (χ3v) is 6.07. The fourth-order valence-electron chi connectivity index (χ4n) is 3.81. The lowest BCUT2D eigenvalue weighted by molar-refractivity contribution is -0.159. The number of aliphatic carboxylic acids is 4. The number of fused-ring (bicyclic) bond motifs is 1. The molecule has 14 nitrogen and oxygen atoms in total. The van der Waals surface area contributed by atoms with E-state index in [-0.39, 0.29) is 5.97 Å². The lowest BCUT2D eigenvalue weighted by Crippen LogP contribution is -2.31. The minimum atomic E-state index is -1.82. The lowest BCUT2D eigenvalue weighted by atomic mass is 9.97. The zero-order chi connectivity index (χ0) is 32.2. The number of ether oxygens (including phenoxy) is 1. The number of pyridine rings is 1. The van der Waals surface area contributed by atoms with E-state index in [2.05, 4.69) is 26.8 Å². The van der Waals surface area contributed by atoms with Crippen molar-refractivity contribution in [3.05, 3.63) is 42.7 Å². The predicted octanol–water partition coefficient (Wildman–Crippen LogP) is 3.19. The Bertz CT molecular complexity index is 1320. The minimum absolute atomic E-state index is 0.250. The Balaban J connectivity index is 0.000000455. The van der Waals surface area contributed by atoms with Crippen molar-refractivity contribution in [3.8, 4) is 28.5 Å². The molecule has 14 heteroatoms. The molecule has 0 spiro atoms. The average molecular weight is 601 g/mol. The van der Waals surface area contributed by atoms with Crippen LogP contribution >= 0.6 is 0 Å². The van der Waals surface area contributed by atoms with E-state index in [0.717, 1.165) is 36.5 Å². The molecule has 1 aromatic rings. The van der Waals surface area contributed by atoms with Crippen LogP contribution in [0.15, 0.2) is 42.7 Å². The summed E-state index contributed by atoms with van der Waals surface area (Å²) in [5, 5.41) is 29.6. The number of likely N-dealkylation sites (tertiary alicyclic amines) is 1. The van der Waals surface area contributed by atoms with Gasteiger partial charge >= 0.3 is 29.8 Å². The van der Waals surface area contributed by atoms with Crippen LogP contribution in [0.2, 0.25) is 0 Å². The summed E-state index contributed by atoms with van der Waals surface area (Å²) in [6.45, 7) is 10.2. The highest BCUT2D eigenvalue weighted by molar-refractivity contribution is 6.27. The number of hydrogen-bond donors (Lipinski definition) is 4. The second-order valence-corrected chi connectivity index (χ2v) is 10.6. The number of rotatable bonds is 6. The maximum absolute atomic E-state index is 12.1. The summed E-state index contributed by atoms with van der Waals surface area (Å²) in [6, 6.07) is 9.41. The van der Waals surface area contributed by atoms with Crippen LogP contribution in [0, 0.1) is 5.41 Å². The second kappa shape index (κ2) is 16.0. The highest BCUT2D eigenvalue weighted by Gasteiger charge is 2.23. The van der Waals surface area contributed by atoms with Gasteiger partial charge in [-0.25, -0.2) is 29.1 Å². The number of carbonyl (C=O) groups excluding carboxylic acids is 1. The molecule has 1 aromatic carbocycles. The Morgan fingerprint density at radius 1 is 0.767 bits per heavy atom. The molecule has 4 rings (SSSR count). The van der Waals surface area contributed by atoms with Crippen molar-refractivity contribution in [2.75, 3.05) is 19.6 Å². The number of carbonyl (C=O) groups is 5. The molecule has 3 aliphatic rings. The van der Waals surface area contributed by atoms with E-state index in [1.807, 2.05) is 39.0 Å². The Labute approximate surface area is 247 Å². The van der Waals surface area contributed by atoms with Crippen LogP contribution in [0.25, 0.3) is 22.8 Å². The quantitative estimate of drug-likeness (QED) is 0.182. The van der Waals surface area contributed by atoms with Crippen molar-refractivity contribution in [1.82, 2.24) is 19.4 Å². The van der Waals surface area contributed by atoms with Gasteiger partial charge in [-0.3, -0.25) is 4.79 Å². The van der Waals surface area contributed by atoms with Crippen molar-refractivity contribution in [3.63, 3.8) is 0 Å². The largest absolute Gasteiger partial charge is 0.473 e. The molecule has 3 aliphatic heterocycles. The molecule has 43 heavy (non-hydrogen) atoms. The molecule has 0 saturated carbocycles. The first-order valence-corrected chi connectivity index (χ1v) is 13.5. The number of esters is 1. The van der Waals surface area contributed by atoms with Crippen LogP contribution in [0.4, 0.5) is 0 Å². The fraction of sp³-hybridized carbons (Fsp3) is 0.414. The fourth-order valence-corrected chi connectivity index (χ4v) is 3.81. The Hall–Kier alpha value is -4.85. The van der Waals surface area contributed by atoms with Crippen molar-refractivity contribution < 1.29 is 49.1 Å². The number of piperidine rings is 1. The standard InChI is InChI=1S/C25H32N4O2.2C2H2O4/c1-25(2,3)24(30)31-20-10-8-19(9-11-20)23-26-21-12-17-29(18-22(21)27-23)16-7-15-28-13-5-4-6-14-28;2*3-1(4)2(5)6/h8-12,17-18H,4-7,13-16H2,1-3H3;2*(H,3,4)(H,5,6). The zero-order valence-corrected chi connectivity index (χ0v) is 24.2. The van der Waals surface area contributed by atoms with Crippen LogP contribution in [0.5, 0.6) is 5.75 Å².